The number of nitrogen functional groups attached to an aromatic ring is 1. The third kappa shape index (κ3) is 2.69. The van der Waals surface area contributed by atoms with Crippen molar-refractivity contribution < 1.29 is 8.42 Å². The van der Waals surface area contributed by atoms with Gasteiger partial charge in [-0.2, -0.15) is 5.26 Å². The van der Waals surface area contributed by atoms with Crippen molar-refractivity contribution in [3.05, 3.63) is 53.1 Å². The fourth-order valence-corrected chi connectivity index (χ4v) is 3.43. The zero-order chi connectivity index (χ0) is 14.8. The molecular formula is C13H10ClN3O2S. The van der Waals surface area contributed by atoms with Crippen molar-refractivity contribution >= 4 is 33.0 Å². The van der Waals surface area contributed by atoms with Crippen LogP contribution < -0.4 is 10.5 Å². The highest BCUT2D eigenvalue weighted by Gasteiger charge is 2.22. The van der Waals surface area contributed by atoms with E-state index in [1.54, 1.807) is 18.2 Å². The van der Waals surface area contributed by atoms with E-state index in [4.69, 9.17) is 22.6 Å². The Hall–Kier alpha value is -2.23. The van der Waals surface area contributed by atoms with Crippen molar-refractivity contribution in [2.24, 2.45) is 0 Å². The summed E-state index contributed by atoms with van der Waals surface area (Å²) < 4.78 is 27.0. The lowest BCUT2D eigenvalue weighted by atomic mass is 10.2. The van der Waals surface area contributed by atoms with Crippen LogP contribution in [0, 0.1) is 11.3 Å². The van der Waals surface area contributed by atoms with Gasteiger partial charge in [-0.15, -0.1) is 0 Å². The van der Waals surface area contributed by atoms with Crippen LogP contribution in [0.3, 0.4) is 0 Å². The van der Waals surface area contributed by atoms with E-state index in [0.717, 1.165) is 0 Å². The van der Waals surface area contributed by atoms with Crippen LogP contribution in [-0.4, -0.2) is 8.42 Å². The first-order valence-corrected chi connectivity index (χ1v) is 7.38. The Morgan fingerprint density at radius 2 is 1.85 bits per heavy atom. The van der Waals surface area contributed by atoms with Gasteiger partial charge in [0.25, 0.3) is 10.0 Å². The highest BCUT2D eigenvalue weighted by molar-refractivity contribution is 7.93. The summed E-state index contributed by atoms with van der Waals surface area (Å²) >= 11 is 5.89. The quantitative estimate of drug-likeness (QED) is 0.852. The van der Waals surface area contributed by atoms with E-state index in [9.17, 15) is 8.42 Å². The van der Waals surface area contributed by atoms with Gasteiger partial charge in [0.15, 0.2) is 0 Å². The molecule has 0 spiro atoms. The van der Waals surface area contributed by atoms with E-state index < -0.39 is 10.0 Å². The van der Waals surface area contributed by atoms with Crippen LogP contribution in [0.25, 0.3) is 0 Å². The van der Waals surface area contributed by atoms with Crippen LogP contribution >= 0.6 is 11.6 Å². The maximum atomic E-state index is 12.3. The maximum absolute atomic E-state index is 12.3. The Labute approximate surface area is 121 Å². The third-order valence-corrected chi connectivity index (χ3v) is 4.47. The fourth-order valence-electron chi connectivity index (χ4n) is 1.67. The summed E-state index contributed by atoms with van der Waals surface area (Å²) in [6.45, 7) is 0. The number of hydrogen-bond acceptors (Lipinski definition) is 4. The molecule has 3 N–H and O–H groups in total. The fraction of sp³-hybridized carbons (Fsp3) is 0. The number of hydrogen-bond donors (Lipinski definition) is 2. The Morgan fingerprint density at radius 1 is 1.15 bits per heavy atom. The van der Waals surface area contributed by atoms with E-state index in [0.29, 0.717) is 0 Å². The lowest BCUT2D eigenvalue weighted by Crippen LogP contribution is -2.16. The van der Waals surface area contributed by atoms with Crippen molar-refractivity contribution in [1.82, 2.24) is 0 Å². The molecule has 0 atom stereocenters. The maximum Gasteiger partial charge on any atom is 0.265 e. The molecule has 5 nitrogen and oxygen atoms in total. The summed E-state index contributed by atoms with van der Waals surface area (Å²) in [4.78, 5) is -0.200. The molecule has 2 aromatic carbocycles. The molecule has 0 radical (unpaired) electrons. The number of halogens is 1. The summed E-state index contributed by atoms with van der Waals surface area (Å²) in [5.74, 6) is 0. The number of sulfonamides is 1. The molecule has 7 heteroatoms. The highest BCUT2D eigenvalue weighted by atomic mass is 35.5. The van der Waals surface area contributed by atoms with E-state index in [2.05, 4.69) is 4.72 Å². The lowest BCUT2D eigenvalue weighted by Gasteiger charge is -2.12. The number of nitrogens with one attached hydrogen (secondary N) is 1. The minimum Gasteiger partial charge on any atom is -0.398 e. The zero-order valence-electron chi connectivity index (χ0n) is 10.2. The van der Waals surface area contributed by atoms with Crippen molar-refractivity contribution in [3.8, 4) is 6.07 Å². The van der Waals surface area contributed by atoms with E-state index in [1.165, 1.54) is 24.3 Å². The molecule has 2 aromatic rings. The van der Waals surface area contributed by atoms with Gasteiger partial charge in [-0.3, -0.25) is 4.72 Å². The Morgan fingerprint density at radius 3 is 2.50 bits per heavy atom. The molecule has 0 saturated carbocycles. The first kappa shape index (κ1) is 14.2. The molecule has 102 valence electrons. The Bertz CT molecular complexity index is 777. The monoisotopic (exact) mass is 307 g/mol. The van der Waals surface area contributed by atoms with Crippen LogP contribution in [0.15, 0.2) is 47.4 Å². The van der Waals surface area contributed by atoms with Gasteiger partial charge in [0.2, 0.25) is 0 Å². The molecule has 0 aliphatic heterocycles. The number of nitriles is 1. The van der Waals surface area contributed by atoms with Crippen LogP contribution in [0.5, 0.6) is 0 Å². The zero-order valence-corrected chi connectivity index (χ0v) is 11.7. The van der Waals surface area contributed by atoms with E-state index >= 15 is 0 Å². The number of rotatable bonds is 3. The first-order valence-electron chi connectivity index (χ1n) is 5.51. The SMILES string of the molecule is N#Cc1ccccc1NS(=O)(=O)c1c(N)cccc1Cl. The summed E-state index contributed by atoms with van der Waals surface area (Å²) in [5.41, 5.74) is 6.09. The summed E-state index contributed by atoms with van der Waals surface area (Å²) in [6, 6.07) is 12.6. The van der Waals surface area contributed by atoms with Gasteiger partial charge in [-0.05, 0) is 24.3 Å². The Balaban J connectivity index is 2.50. The minimum atomic E-state index is -3.97. The molecule has 20 heavy (non-hydrogen) atoms. The molecule has 0 heterocycles. The number of nitrogens with two attached hydrogens (primary N) is 1. The molecule has 0 aliphatic rings. The normalized spacial score (nSPS) is 10.8. The molecule has 0 unspecified atom stereocenters. The molecule has 2 rings (SSSR count). The van der Waals surface area contributed by atoms with Gasteiger partial charge in [0.1, 0.15) is 11.0 Å². The second kappa shape index (κ2) is 5.41. The summed E-state index contributed by atoms with van der Waals surface area (Å²) in [6.07, 6.45) is 0. The second-order valence-corrected chi connectivity index (χ2v) is 5.95. The van der Waals surface area contributed by atoms with Crippen molar-refractivity contribution in [2.45, 2.75) is 4.90 Å². The van der Waals surface area contributed by atoms with Crippen LogP contribution in [0.2, 0.25) is 5.02 Å². The second-order valence-electron chi connectivity index (χ2n) is 3.92. The molecule has 0 aromatic heterocycles. The molecule has 0 fully saturated rings. The number of nitrogens with zero attached hydrogens (tertiary/aromatic N) is 1. The Kier molecular flexibility index (Phi) is 3.84. The van der Waals surface area contributed by atoms with Gasteiger partial charge >= 0.3 is 0 Å². The molecule has 0 bridgehead atoms. The summed E-state index contributed by atoms with van der Waals surface area (Å²) in [7, 11) is -3.97. The molecule has 0 aliphatic carbocycles. The molecule has 0 saturated heterocycles. The molecule has 0 amide bonds. The third-order valence-electron chi connectivity index (χ3n) is 2.56. The predicted octanol–water partition coefficient (Wildman–Crippen LogP) is 2.59. The van der Waals surface area contributed by atoms with Crippen molar-refractivity contribution in [3.63, 3.8) is 0 Å². The summed E-state index contributed by atoms with van der Waals surface area (Å²) in [5, 5.41) is 8.98. The van der Waals surface area contributed by atoms with Crippen LogP contribution in [0.1, 0.15) is 5.56 Å². The average molecular weight is 308 g/mol. The standard InChI is InChI=1S/C13H10ClN3O2S/c14-10-5-3-6-11(16)13(10)20(18,19)17-12-7-2-1-4-9(12)8-15/h1-7,17H,16H2. The first-order chi connectivity index (χ1) is 9.45. The minimum absolute atomic E-state index is 0.0203. The average Bonchev–Trinajstić information content (AvgIpc) is 2.38. The largest absolute Gasteiger partial charge is 0.398 e. The number of para-hydroxylation sites is 1. The van der Waals surface area contributed by atoms with Crippen molar-refractivity contribution in [1.29, 1.82) is 5.26 Å². The van der Waals surface area contributed by atoms with Gasteiger partial charge in [-0.1, -0.05) is 29.8 Å². The van der Waals surface area contributed by atoms with Gasteiger partial charge in [0.05, 0.1) is 22.0 Å². The van der Waals surface area contributed by atoms with Crippen LogP contribution in [-0.2, 0) is 10.0 Å². The lowest BCUT2D eigenvalue weighted by molar-refractivity contribution is 0.601. The van der Waals surface area contributed by atoms with E-state index in [1.807, 2.05) is 6.07 Å². The van der Waals surface area contributed by atoms with Crippen LogP contribution in [0.4, 0.5) is 11.4 Å². The predicted molar refractivity (Wildman–Crippen MR) is 77.8 cm³/mol. The van der Waals surface area contributed by atoms with Gasteiger partial charge < -0.3 is 5.73 Å². The van der Waals surface area contributed by atoms with E-state index in [-0.39, 0.29) is 26.9 Å². The number of anilines is 2. The topological polar surface area (TPSA) is 96.0 Å². The van der Waals surface area contributed by atoms with Gasteiger partial charge in [-0.25, -0.2) is 8.42 Å². The molecular weight excluding hydrogens is 298 g/mol. The van der Waals surface area contributed by atoms with Crippen molar-refractivity contribution in [2.75, 3.05) is 10.5 Å². The smallest absolute Gasteiger partial charge is 0.265 e. The highest BCUT2D eigenvalue weighted by Crippen LogP contribution is 2.29. The van der Waals surface area contributed by atoms with Gasteiger partial charge in [0, 0.05) is 0 Å². The number of benzene rings is 2.